The molecule has 6 nitrogen and oxygen atoms in total. The minimum atomic E-state index is 0.336. The van der Waals surface area contributed by atoms with E-state index in [-0.39, 0.29) is 0 Å². The molecule has 0 amide bonds. The van der Waals surface area contributed by atoms with Crippen LogP contribution in [0.5, 0.6) is 0 Å². The number of rotatable bonds is 3. The van der Waals surface area contributed by atoms with Crippen LogP contribution in [0, 0.1) is 0 Å². The van der Waals surface area contributed by atoms with E-state index in [4.69, 9.17) is 4.74 Å². The molecule has 21 heavy (non-hydrogen) atoms. The molecule has 1 aliphatic rings. The second kappa shape index (κ2) is 5.51. The number of morpholine rings is 1. The highest BCUT2D eigenvalue weighted by Gasteiger charge is 2.18. The molecule has 4 rings (SSSR count). The normalized spacial score (nSPS) is 19.1. The van der Waals surface area contributed by atoms with E-state index in [0.29, 0.717) is 6.04 Å². The maximum atomic E-state index is 5.48. The number of fused-ring (bicyclic) bond motifs is 1. The molecule has 2 aromatic heterocycles. The molecule has 1 aromatic carbocycles. The fourth-order valence-electron chi connectivity index (χ4n) is 2.47. The molecule has 1 unspecified atom stereocenters. The van der Waals surface area contributed by atoms with Crippen molar-refractivity contribution in [3.8, 4) is 11.4 Å². The first-order chi connectivity index (χ1) is 10.4. The predicted molar refractivity (Wildman–Crippen MR) is 80.4 cm³/mol. The van der Waals surface area contributed by atoms with Gasteiger partial charge in [0.1, 0.15) is 5.01 Å². The van der Waals surface area contributed by atoms with Crippen molar-refractivity contribution < 1.29 is 4.74 Å². The lowest BCUT2D eigenvalue weighted by molar-refractivity contribution is 0.0769. The highest BCUT2D eigenvalue weighted by atomic mass is 32.1. The lowest BCUT2D eigenvalue weighted by Crippen LogP contribution is -2.42. The summed E-state index contributed by atoms with van der Waals surface area (Å²) >= 11 is 1.59. The van der Waals surface area contributed by atoms with Gasteiger partial charge in [-0.3, -0.25) is 0 Å². The lowest BCUT2D eigenvalue weighted by atomic mass is 10.2. The Morgan fingerprint density at radius 3 is 3.00 bits per heavy atom. The second-order valence-corrected chi connectivity index (χ2v) is 6.05. The minimum absolute atomic E-state index is 0.336. The number of nitrogens with zero attached hydrogens (tertiary/aromatic N) is 4. The third-order valence-electron chi connectivity index (χ3n) is 3.48. The topological polar surface area (TPSA) is 64.3 Å². The van der Waals surface area contributed by atoms with Gasteiger partial charge in [0.25, 0.3) is 0 Å². The Hall–Kier alpha value is -1.83. The maximum Gasteiger partial charge on any atom is 0.234 e. The molecule has 108 valence electrons. The van der Waals surface area contributed by atoms with Gasteiger partial charge in [0.2, 0.25) is 4.96 Å². The van der Waals surface area contributed by atoms with Gasteiger partial charge in [-0.1, -0.05) is 41.7 Å². The summed E-state index contributed by atoms with van der Waals surface area (Å²) in [7, 11) is 0. The molecule has 1 atom stereocenters. The molecule has 1 aliphatic heterocycles. The highest BCUT2D eigenvalue weighted by molar-refractivity contribution is 7.16. The van der Waals surface area contributed by atoms with Crippen LogP contribution in [0.3, 0.4) is 0 Å². The molecule has 0 bridgehead atoms. The first kappa shape index (κ1) is 12.9. The van der Waals surface area contributed by atoms with Gasteiger partial charge in [-0.15, -0.1) is 10.2 Å². The predicted octanol–water partition coefficient (Wildman–Crippen LogP) is 1.38. The van der Waals surface area contributed by atoms with E-state index < -0.39 is 0 Å². The Labute approximate surface area is 125 Å². The number of hydrogen-bond donors (Lipinski definition) is 1. The Bertz CT molecular complexity index is 732. The van der Waals surface area contributed by atoms with E-state index in [1.54, 1.807) is 11.3 Å². The van der Waals surface area contributed by atoms with Gasteiger partial charge in [0.05, 0.1) is 13.2 Å². The minimum Gasteiger partial charge on any atom is -0.379 e. The SMILES string of the molecule is c1ccc(-c2nnc3sc(CC4COCCN4)nn23)cc1. The van der Waals surface area contributed by atoms with Crippen LogP contribution >= 0.6 is 11.3 Å². The maximum absolute atomic E-state index is 5.48. The van der Waals surface area contributed by atoms with Gasteiger partial charge in [-0.25, -0.2) is 0 Å². The van der Waals surface area contributed by atoms with Crippen molar-refractivity contribution in [3.63, 3.8) is 0 Å². The van der Waals surface area contributed by atoms with Gasteiger partial charge in [-0.2, -0.15) is 9.61 Å². The molecule has 3 heterocycles. The monoisotopic (exact) mass is 301 g/mol. The number of ether oxygens (including phenoxy) is 1. The Kier molecular flexibility index (Phi) is 3.38. The van der Waals surface area contributed by atoms with Gasteiger partial charge in [0, 0.05) is 24.6 Å². The van der Waals surface area contributed by atoms with E-state index in [1.165, 1.54) is 0 Å². The van der Waals surface area contributed by atoms with Crippen LogP contribution in [-0.4, -0.2) is 45.6 Å². The molecule has 1 saturated heterocycles. The van der Waals surface area contributed by atoms with E-state index in [2.05, 4.69) is 20.6 Å². The number of aromatic nitrogens is 4. The van der Waals surface area contributed by atoms with E-state index in [1.807, 2.05) is 34.8 Å². The molecule has 1 fully saturated rings. The van der Waals surface area contributed by atoms with Crippen molar-refractivity contribution >= 4 is 16.3 Å². The molecule has 1 N–H and O–H groups in total. The molecular formula is C14H15N5OS. The van der Waals surface area contributed by atoms with Crippen molar-refractivity contribution in [3.05, 3.63) is 35.3 Å². The van der Waals surface area contributed by atoms with Gasteiger partial charge >= 0.3 is 0 Å². The average Bonchev–Trinajstić information content (AvgIpc) is 3.09. The Balaban J connectivity index is 1.63. The summed E-state index contributed by atoms with van der Waals surface area (Å²) < 4.78 is 7.31. The fraction of sp³-hybridized carbons (Fsp3) is 0.357. The zero-order valence-corrected chi connectivity index (χ0v) is 12.2. The van der Waals surface area contributed by atoms with Gasteiger partial charge in [-0.05, 0) is 0 Å². The molecule has 0 saturated carbocycles. The molecule has 0 spiro atoms. The van der Waals surface area contributed by atoms with Gasteiger partial charge in [0.15, 0.2) is 5.82 Å². The molecule has 7 heteroatoms. The number of hydrogen-bond acceptors (Lipinski definition) is 6. The Morgan fingerprint density at radius 2 is 2.19 bits per heavy atom. The van der Waals surface area contributed by atoms with Crippen molar-refractivity contribution in [2.24, 2.45) is 0 Å². The lowest BCUT2D eigenvalue weighted by Gasteiger charge is -2.22. The summed E-state index contributed by atoms with van der Waals surface area (Å²) in [6.07, 6.45) is 0.863. The molecule has 0 aliphatic carbocycles. The summed E-state index contributed by atoms with van der Waals surface area (Å²) in [5.41, 5.74) is 1.03. The summed E-state index contributed by atoms with van der Waals surface area (Å²) in [6, 6.07) is 10.4. The van der Waals surface area contributed by atoms with Crippen LogP contribution < -0.4 is 5.32 Å². The largest absolute Gasteiger partial charge is 0.379 e. The summed E-state index contributed by atoms with van der Waals surface area (Å²) in [5, 5.41) is 17.6. The van der Waals surface area contributed by atoms with Crippen molar-refractivity contribution in [1.29, 1.82) is 0 Å². The zero-order chi connectivity index (χ0) is 14.1. The van der Waals surface area contributed by atoms with E-state index >= 15 is 0 Å². The molecule has 0 radical (unpaired) electrons. The summed E-state index contributed by atoms with van der Waals surface area (Å²) in [6.45, 7) is 2.44. The second-order valence-electron chi connectivity index (χ2n) is 5.01. The van der Waals surface area contributed by atoms with Crippen molar-refractivity contribution in [1.82, 2.24) is 25.1 Å². The summed E-state index contributed by atoms with van der Waals surface area (Å²) in [4.78, 5) is 0.834. The Morgan fingerprint density at radius 1 is 1.29 bits per heavy atom. The first-order valence-corrected chi connectivity index (χ1v) is 7.79. The number of benzene rings is 1. The van der Waals surface area contributed by atoms with Gasteiger partial charge < -0.3 is 10.1 Å². The fourth-order valence-corrected chi connectivity index (χ4v) is 3.38. The van der Waals surface area contributed by atoms with Crippen LogP contribution in [0.4, 0.5) is 0 Å². The van der Waals surface area contributed by atoms with Crippen LogP contribution in [-0.2, 0) is 11.2 Å². The quantitative estimate of drug-likeness (QED) is 0.792. The standard InChI is InChI=1S/C14H15N5OS/c1-2-4-10(5-3-1)13-16-17-14-19(13)18-12(21-14)8-11-9-20-7-6-15-11/h1-5,11,15H,6-9H2. The van der Waals surface area contributed by atoms with E-state index in [9.17, 15) is 0 Å². The van der Waals surface area contributed by atoms with Crippen LogP contribution in [0.25, 0.3) is 16.3 Å². The average molecular weight is 301 g/mol. The zero-order valence-electron chi connectivity index (χ0n) is 11.4. The highest BCUT2D eigenvalue weighted by Crippen LogP contribution is 2.22. The van der Waals surface area contributed by atoms with Crippen LogP contribution in [0.2, 0.25) is 0 Å². The first-order valence-electron chi connectivity index (χ1n) is 6.98. The van der Waals surface area contributed by atoms with Crippen LogP contribution in [0.1, 0.15) is 5.01 Å². The third-order valence-corrected chi connectivity index (χ3v) is 4.41. The third kappa shape index (κ3) is 2.55. The van der Waals surface area contributed by atoms with Crippen LogP contribution in [0.15, 0.2) is 30.3 Å². The summed E-state index contributed by atoms with van der Waals surface area (Å²) in [5.74, 6) is 0.793. The molecular weight excluding hydrogens is 286 g/mol. The number of nitrogens with one attached hydrogen (secondary N) is 1. The van der Waals surface area contributed by atoms with Crippen molar-refractivity contribution in [2.45, 2.75) is 12.5 Å². The molecule has 3 aromatic rings. The smallest absolute Gasteiger partial charge is 0.234 e. The van der Waals surface area contributed by atoms with Crippen molar-refractivity contribution in [2.75, 3.05) is 19.8 Å². The van der Waals surface area contributed by atoms with E-state index in [0.717, 1.165) is 47.5 Å².